The first-order chi connectivity index (χ1) is 31.0. The average molecular weight is 1030 g/mol. The molecule has 0 bridgehead atoms. The fourth-order valence-corrected chi connectivity index (χ4v) is 7.84. The Morgan fingerprint density at radius 2 is 0.677 bits per heavy atom. The summed E-state index contributed by atoms with van der Waals surface area (Å²) in [6, 6.07) is 19.1. The van der Waals surface area contributed by atoms with Crippen LogP contribution in [0.5, 0.6) is 0 Å². The number of hydrogen-bond donors (Lipinski definition) is 0. The second-order valence-corrected chi connectivity index (χ2v) is 17.5. The van der Waals surface area contributed by atoms with E-state index in [9.17, 15) is 29.4 Å². The molecule has 4 atom stereocenters. The predicted molar refractivity (Wildman–Crippen MR) is 258 cm³/mol. The van der Waals surface area contributed by atoms with Crippen molar-refractivity contribution in [3.05, 3.63) is 71.8 Å². The number of unbranched alkanes of at least 4 members (excludes halogenated alkanes) is 18. The van der Waals surface area contributed by atoms with Crippen LogP contribution in [0, 0.1) is 0 Å². The zero-order valence-electron chi connectivity index (χ0n) is 41.1. The number of rotatable bonds is 40. The quantitative estimate of drug-likeness (QED) is 0.0358. The Hall–Kier alpha value is -2.19. The summed E-state index contributed by atoms with van der Waals surface area (Å²) in [4.78, 5) is 45.5. The van der Waals surface area contributed by atoms with Crippen LogP contribution < -0.4 is 10.2 Å². The minimum Gasteiger partial charge on any atom is -0.547 e. The molecule has 0 spiro atoms. The van der Waals surface area contributed by atoms with Gasteiger partial charge < -0.3 is 38.7 Å². The van der Waals surface area contributed by atoms with E-state index in [-0.39, 0.29) is 86.2 Å². The SMILES string of the molecule is CCCCCCCCCC(CCCCCCC(OCc1ccccc1)C(=O)[O-])OC(C)=O.CCCCCCCCCC(CCCCCCC(OCc1ccccc1)C(=O)[O-])OC(C)=O.[Ba+2]. The van der Waals surface area contributed by atoms with Crippen LogP contribution in [0.25, 0.3) is 0 Å². The molecule has 0 saturated carbocycles. The van der Waals surface area contributed by atoms with Crippen molar-refractivity contribution in [2.75, 3.05) is 0 Å². The van der Waals surface area contributed by atoms with Crippen LogP contribution >= 0.6 is 0 Å². The molecule has 0 aliphatic rings. The molecule has 2 aromatic rings. The van der Waals surface area contributed by atoms with Crippen LogP contribution in [-0.4, -0.2) is 97.2 Å². The maximum atomic E-state index is 11.4. The van der Waals surface area contributed by atoms with Crippen LogP contribution in [-0.2, 0) is 51.3 Å². The molecular formula is C54H86BaO10. The van der Waals surface area contributed by atoms with Gasteiger partial charge >= 0.3 is 60.8 Å². The molecule has 0 aromatic heterocycles. The fraction of sp³-hybridized carbons (Fsp3) is 0.704. The maximum absolute atomic E-state index is 11.4. The van der Waals surface area contributed by atoms with Crippen molar-refractivity contribution in [1.29, 1.82) is 0 Å². The van der Waals surface area contributed by atoms with Crippen molar-refractivity contribution in [3.63, 3.8) is 0 Å². The number of carbonyl (C=O) groups excluding carboxylic acids is 4. The Morgan fingerprint density at radius 3 is 0.938 bits per heavy atom. The van der Waals surface area contributed by atoms with Crippen LogP contribution in [0.15, 0.2) is 60.7 Å². The van der Waals surface area contributed by atoms with Gasteiger partial charge in [-0.15, -0.1) is 0 Å². The van der Waals surface area contributed by atoms with Gasteiger partial charge in [0.05, 0.1) is 37.4 Å². The van der Waals surface area contributed by atoms with Crippen LogP contribution in [0.1, 0.15) is 219 Å². The molecule has 11 heteroatoms. The predicted octanol–water partition coefficient (Wildman–Crippen LogP) is 11.1. The van der Waals surface area contributed by atoms with Gasteiger partial charge in [0.2, 0.25) is 0 Å². The van der Waals surface area contributed by atoms with Crippen LogP contribution in [0.3, 0.4) is 0 Å². The Morgan fingerprint density at radius 1 is 0.415 bits per heavy atom. The normalized spacial score (nSPS) is 12.7. The van der Waals surface area contributed by atoms with E-state index in [0.717, 1.165) is 101 Å². The van der Waals surface area contributed by atoms with Gasteiger partial charge in [0.15, 0.2) is 0 Å². The topological polar surface area (TPSA) is 151 Å². The number of esters is 2. The van der Waals surface area contributed by atoms with Crippen molar-refractivity contribution >= 4 is 72.8 Å². The van der Waals surface area contributed by atoms with E-state index in [1.807, 2.05) is 60.7 Å². The monoisotopic (exact) mass is 1030 g/mol. The maximum Gasteiger partial charge on any atom is 2.00 e. The number of hydrogen-bond acceptors (Lipinski definition) is 10. The first kappa shape index (κ1) is 62.8. The number of carboxylic acids is 2. The second-order valence-electron chi connectivity index (χ2n) is 17.5. The molecule has 0 amide bonds. The molecule has 0 fully saturated rings. The molecule has 4 unspecified atom stereocenters. The molecule has 0 heterocycles. The van der Waals surface area contributed by atoms with Crippen LogP contribution in [0.4, 0.5) is 0 Å². The van der Waals surface area contributed by atoms with Crippen LogP contribution in [0.2, 0.25) is 0 Å². The van der Waals surface area contributed by atoms with Gasteiger partial charge in [-0.05, 0) is 75.3 Å². The van der Waals surface area contributed by atoms with Gasteiger partial charge in [-0.25, -0.2) is 0 Å². The Labute approximate surface area is 434 Å². The van der Waals surface area contributed by atoms with Gasteiger partial charge in [0.1, 0.15) is 12.2 Å². The van der Waals surface area contributed by atoms with Gasteiger partial charge in [-0.3, -0.25) is 9.59 Å². The van der Waals surface area contributed by atoms with E-state index < -0.39 is 24.1 Å². The molecule has 10 nitrogen and oxygen atoms in total. The summed E-state index contributed by atoms with van der Waals surface area (Å²) < 4.78 is 22.1. The third-order valence-corrected chi connectivity index (χ3v) is 11.5. The summed E-state index contributed by atoms with van der Waals surface area (Å²) in [6.07, 6.45) is 27.8. The van der Waals surface area contributed by atoms with E-state index in [1.165, 1.54) is 90.9 Å². The first-order valence-corrected chi connectivity index (χ1v) is 25.1. The molecule has 0 aliphatic carbocycles. The van der Waals surface area contributed by atoms with Gasteiger partial charge in [0.25, 0.3) is 0 Å². The third kappa shape index (κ3) is 38.5. The molecule has 2 aromatic carbocycles. The van der Waals surface area contributed by atoms with Crippen molar-refractivity contribution < 1.29 is 48.3 Å². The molecule has 364 valence electrons. The summed E-state index contributed by atoms with van der Waals surface area (Å²) in [5.74, 6) is -2.70. The zero-order valence-corrected chi connectivity index (χ0v) is 45.5. The van der Waals surface area contributed by atoms with E-state index >= 15 is 0 Å². The zero-order chi connectivity index (χ0) is 46.9. The first-order valence-electron chi connectivity index (χ1n) is 25.1. The number of ether oxygens (including phenoxy) is 4. The minimum absolute atomic E-state index is 0. The number of aliphatic carboxylic acids is 2. The number of benzene rings is 2. The minimum atomic E-state index is -1.15. The summed E-state index contributed by atoms with van der Waals surface area (Å²) in [7, 11) is 0. The summed E-state index contributed by atoms with van der Waals surface area (Å²) in [5, 5.41) is 22.7. The van der Waals surface area contributed by atoms with E-state index in [4.69, 9.17) is 18.9 Å². The molecule has 65 heavy (non-hydrogen) atoms. The third-order valence-electron chi connectivity index (χ3n) is 11.5. The Kier molecular flexibility index (Phi) is 42.8. The Balaban J connectivity index is 0.00000124. The average Bonchev–Trinajstić information content (AvgIpc) is 3.27. The van der Waals surface area contributed by atoms with Crippen molar-refractivity contribution in [2.45, 2.75) is 245 Å². The number of carbonyl (C=O) groups is 4. The summed E-state index contributed by atoms with van der Waals surface area (Å²) in [6.45, 7) is 7.97. The van der Waals surface area contributed by atoms with Gasteiger partial charge in [-0.2, -0.15) is 0 Å². The molecule has 0 aliphatic heterocycles. The fourth-order valence-electron chi connectivity index (χ4n) is 7.84. The molecule has 0 saturated heterocycles. The molecule has 0 radical (unpaired) electrons. The van der Waals surface area contributed by atoms with Crippen molar-refractivity contribution in [3.8, 4) is 0 Å². The standard InChI is InChI=1S/2C27H44O5.Ba/c2*1-3-4-5-6-7-8-14-19-25(32-23(2)28)20-15-9-10-16-21-26(27(29)30)31-22-24-17-12-11-13-18-24;/h2*11-13,17-18,25-26H,3-10,14-16,19-22H2,1-2H3,(H,29,30);/q;;+2/p-2. The smallest absolute Gasteiger partial charge is 0.547 e. The van der Waals surface area contributed by atoms with E-state index in [0.29, 0.717) is 12.8 Å². The molecule has 2 rings (SSSR count). The van der Waals surface area contributed by atoms with E-state index in [2.05, 4.69) is 13.8 Å². The van der Waals surface area contributed by atoms with Gasteiger partial charge in [0, 0.05) is 13.8 Å². The molecular weight excluding hydrogens is 946 g/mol. The number of carboxylic acid groups (broad SMARTS) is 2. The Bertz CT molecular complexity index is 1320. The summed E-state index contributed by atoms with van der Waals surface area (Å²) in [5.41, 5.74) is 1.91. The van der Waals surface area contributed by atoms with Crippen molar-refractivity contribution in [1.82, 2.24) is 0 Å². The van der Waals surface area contributed by atoms with Gasteiger partial charge in [-0.1, -0.05) is 190 Å². The van der Waals surface area contributed by atoms with Crippen molar-refractivity contribution in [2.24, 2.45) is 0 Å². The largest absolute Gasteiger partial charge is 2.00 e. The van der Waals surface area contributed by atoms with E-state index in [1.54, 1.807) is 0 Å². The second kappa shape index (κ2) is 44.3. The molecule has 0 N–H and O–H groups in total. The summed E-state index contributed by atoms with van der Waals surface area (Å²) >= 11 is 0.